The average molecular weight is 1200 g/mol. The van der Waals surface area contributed by atoms with E-state index in [-0.39, 0.29) is 74.5 Å². The lowest BCUT2D eigenvalue weighted by molar-refractivity contribution is -0.157. The molecular weight excluding hydrogens is 1090 g/mol. The summed E-state index contributed by atoms with van der Waals surface area (Å²) in [5.41, 5.74) is 0. The van der Waals surface area contributed by atoms with Gasteiger partial charge in [-0.2, -0.15) is 0 Å². The number of amides is 9. The molecule has 0 aromatic heterocycles. The van der Waals surface area contributed by atoms with Crippen LogP contribution in [0.4, 0.5) is 0 Å². The van der Waals surface area contributed by atoms with Gasteiger partial charge < -0.3 is 50.0 Å². The van der Waals surface area contributed by atoms with Crippen LogP contribution in [0.5, 0.6) is 0 Å². The normalized spacial score (nSPS) is 27.1. The Morgan fingerprint density at radius 3 is 1.36 bits per heavy atom. The topological polar surface area (TPSA) is 255 Å². The molecule has 0 saturated carbocycles. The van der Waals surface area contributed by atoms with Crippen LogP contribution >= 0.6 is 0 Å². The zero-order valence-electron chi connectivity index (χ0n) is 56.5. The molecule has 486 valence electrons. The number of carbonyl (C=O) groups excluding carboxylic acids is 11. The number of hydrogen-bond acceptors (Lipinski definition) is 12. The van der Waals surface area contributed by atoms with Crippen molar-refractivity contribution in [1.29, 1.82) is 0 Å². The van der Waals surface area contributed by atoms with E-state index in [0.29, 0.717) is 6.42 Å². The van der Waals surface area contributed by atoms with Crippen molar-refractivity contribution >= 4 is 64.7 Å². The predicted octanol–water partition coefficient (Wildman–Crippen LogP) is 5.45. The molecule has 21 heteroatoms. The maximum Gasteiger partial charge on any atom is 0.246 e. The molecule has 2 unspecified atom stereocenters. The van der Waals surface area contributed by atoms with Crippen LogP contribution < -0.4 is 10.6 Å². The quantitative estimate of drug-likeness (QED) is 0.173. The van der Waals surface area contributed by atoms with Gasteiger partial charge in [0.2, 0.25) is 53.2 Å². The van der Waals surface area contributed by atoms with Crippen molar-refractivity contribution in [3.63, 3.8) is 0 Å². The molecule has 0 aliphatic carbocycles. The zero-order chi connectivity index (χ0) is 66.0. The maximum atomic E-state index is 15.1. The number of nitrogens with one attached hydrogen (secondary N) is 2. The molecule has 85 heavy (non-hydrogen) atoms. The molecule has 0 bridgehead atoms. The van der Waals surface area contributed by atoms with E-state index < -0.39 is 149 Å². The number of nitrogens with zero attached hydrogens (tertiary/aromatic N) is 7. The standard InChI is InChI=1S/C64H113N9O12/c1-25-27-28-42(15)56(77)55-58(79)66-46(26-2)61(82)67(18)35-53(76)68(19)47(29-36(3)4)52(75)34-45(40(11)12)60(81)69(20)48(30-37(5)6)51(74)33-43(16)57(78)65-44(17)59(80)70(21)49(31-38(7)8)62(83)71(22)50(32-39(9)10)63(84)72(23)54(41(13)14)64(85)73(55)24/h25,27,36-50,54-56,77H,26,28-35H2,1-24H3,(H,65,78)(H,66,79)/b27-25+/t42-,43-,44-,45+,46+,47+,48+,49+,50+,54+,55?,56?/m1/s1. The fourth-order valence-electron chi connectivity index (χ4n) is 11.2. The van der Waals surface area contributed by atoms with Gasteiger partial charge in [0.1, 0.15) is 36.3 Å². The first-order chi connectivity index (χ1) is 39.2. The Hall–Kier alpha value is -5.73. The van der Waals surface area contributed by atoms with Gasteiger partial charge in [-0.3, -0.25) is 52.7 Å². The van der Waals surface area contributed by atoms with E-state index >= 15 is 9.59 Å². The zero-order valence-corrected chi connectivity index (χ0v) is 56.5. The molecule has 3 N–H and O–H groups in total. The van der Waals surface area contributed by atoms with Gasteiger partial charge in [0.25, 0.3) is 0 Å². The fourth-order valence-corrected chi connectivity index (χ4v) is 11.2. The van der Waals surface area contributed by atoms with Gasteiger partial charge in [-0.1, -0.05) is 116 Å². The first kappa shape index (κ1) is 77.3. The predicted molar refractivity (Wildman–Crippen MR) is 331 cm³/mol. The smallest absolute Gasteiger partial charge is 0.246 e. The van der Waals surface area contributed by atoms with E-state index in [1.54, 1.807) is 61.5 Å². The number of carbonyl (C=O) groups is 11. The van der Waals surface area contributed by atoms with Crippen molar-refractivity contribution in [2.45, 2.75) is 224 Å². The summed E-state index contributed by atoms with van der Waals surface area (Å²) in [7, 11) is 10.1. The third-order valence-corrected chi connectivity index (χ3v) is 16.7. The lowest BCUT2D eigenvalue weighted by Crippen LogP contribution is -2.63. The van der Waals surface area contributed by atoms with Crippen LogP contribution in [-0.4, -0.2) is 214 Å². The third-order valence-electron chi connectivity index (χ3n) is 16.7. The van der Waals surface area contributed by atoms with E-state index in [9.17, 15) is 48.3 Å². The summed E-state index contributed by atoms with van der Waals surface area (Å²) in [6, 6.07) is -9.52. The number of ketones is 2. The molecule has 0 aromatic rings. The highest BCUT2D eigenvalue weighted by Crippen LogP contribution is 2.28. The molecule has 1 heterocycles. The van der Waals surface area contributed by atoms with Gasteiger partial charge in [0.15, 0.2) is 11.6 Å². The van der Waals surface area contributed by atoms with Crippen molar-refractivity contribution in [3.8, 4) is 0 Å². The Balaban J connectivity index is 4.32. The van der Waals surface area contributed by atoms with Gasteiger partial charge in [0.05, 0.1) is 24.7 Å². The van der Waals surface area contributed by atoms with Crippen LogP contribution in [0.1, 0.15) is 169 Å². The number of rotatable bonds is 15. The van der Waals surface area contributed by atoms with Crippen molar-refractivity contribution in [1.82, 2.24) is 44.9 Å². The third kappa shape index (κ3) is 21.9. The molecule has 0 spiro atoms. The van der Waals surface area contributed by atoms with Crippen LogP contribution in [0.25, 0.3) is 0 Å². The van der Waals surface area contributed by atoms with Gasteiger partial charge in [-0.15, -0.1) is 0 Å². The van der Waals surface area contributed by atoms with Gasteiger partial charge in [0, 0.05) is 74.0 Å². The van der Waals surface area contributed by atoms with Crippen molar-refractivity contribution in [3.05, 3.63) is 12.2 Å². The summed E-state index contributed by atoms with van der Waals surface area (Å²) in [5.74, 6) is -10.3. The van der Waals surface area contributed by atoms with Crippen molar-refractivity contribution in [2.24, 2.45) is 53.3 Å². The van der Waals surface area contributed by atoms with E-state index in [1.807, 2.05) is 61.5 Å². The highest BCUT2D eigenvalue weighted by Gasteiger charge is 2.45. The van der Waals surface area contributed by atoms with Crippen LogP contribution in [0, 0.1) is 53.3 Å². The van der Waals surface area contributed by atoms with E-state index in [4.69, 9.17) is 0 Å². The Labute approximate surface area is 510 Å². The van der Waals surface area contributed by atoms with Crippen LogP contribution in [-0.2, 0) is 52.7 Å². The Kier molecular flexibility index (Phi) is 32.0. The number of likely N-dealkylation sites (N-methyl/N-ethyl adjacent to an activating group) is 7. The highest BCUT2D eigenvalue weighted by atomic mass is 16.3. The number of allylic oxidation sites excluding steroid dienone is 2. The fraction of sp³-hybridized carbons (Fsp3) is 0.797. The summed E-state index contributed by atoms with van der Waals surface area (Å²) in [5, 5.41) is 17.6. The summed E-state index contributed by atoms with van der Waals surface area (Å²) >= 11 is 0. The molecule has 21 nitrogen and oxygen atoms in total. The Morgan fingerprint density at radius 1 is 0.494 bits per heavy atom. The van der Waals surface area contributed by atoms with E-state index in [1.165, 1.54) is 80.8 Å². The van der Waals surface area contributed by atoms with Crippen LogP contribution in [0.2, 0.25) is 0 Å². The number of aliphatic hydroxyl groups is 1. The minimum absolute atomic E-state index is 0.0368. The molecule has 1 saturated heterocycles. The Morgan fingerprint density at radius 2 is 0.918 bits per heavy atom. The molecule has 1 aliphatic heterocycles. The van der Waals surface area contributed by atoms with Gasteiger partial charge in [-0.05, 0) is 93.8 Å². The number of hydrogen-bond donors (Lipinski definition) is 3. The van der Waals surface area contributed by atoms with Crippen molar-refractivity contribution in [2.75, 3.05) is 55.9 Å². The lowest BCUT2D eigenvalue weighted by Gasteiger charge is -2.41. The maximum absolute atomic E-state index is 15.1. The molecule has 12 atom stereocenters. The first-order valence-corrected chi connectivity index (χ1v) is 31.0. The molecular formula is C64H113N9O12. The molecule has 0 radical (unpaired) electrons. The summed E-state index contributed by atoms with van der Waals surface area (Å²) in [4.78, 5) is 169. The lowest BCUT2D eigenvalue weighted by atomic mass is 9.84. The molecule has 9 amide bonds. The molecule has 1 fully saturated rings. The second-order valence-electron chi connectivity index (χ2n) is 26.7. The minimum Gasteiger partial charge on any atom is -0.390 e. The first-order valence-electron chi connectivity index (χ1n) is 31.0. The minimum atomic E-state index is -1.60. The van der Waals surface area contributed by atoms with Crippen LogP contribution in [0.15, 0.2) is 12.2 Å². The monoisotopic (exact) mass is 1200 g/mol. The second kappa shape index (κ2) is 35.2. The highest BCUT2D eigenvalue weighted by molar-refractivity contribution is 5.99. The van der Waals surface area contributed by atoms with Crippen LogP contribution in [0.3, 0.4) is 0 Å². The van der Waals surface area contributed by atoms with Gasteiger partial charge in [-0.25, -0.2) is 0 Å². The Bertz CT molecular complexity index is 2320. The summed E-state index contributed by atoms with van der Waals surface area (Å²) < 4.78 is 0. The van der Waals surface area contributed by atoms with Gasteiger partial charge >= 0.3 is 0 Å². The van der Waals surface area contributed by atoms with E-state index in [2.05, 4.69) is 10.6 Å². The summed E-state index contributed by atoms with van der Waals surface area (Å²) in [6.07, 6.45) is 2.72. The number of aliphatic hydroxyl groups excluding tert-OH is 1. The van der Waals surface area contributed by atoms with E-state index in [0.717, 1.165) is 9.80 Å². The van der Waals surface area contributed by atoms with Crippen molar-refractivity contribution < 1.29 is 57.8 Å². The average Bonchev–Trinajstić information content (AvgIpc) is 3.62. The largest absolute Gasteiger partial charge is 0.390 e. The second-order valence-corrected chi connectivity index (χ2v) is 26.7. The summed E-state index contributed by atoms with van der Waals surface area (Å²) in [6.45, 7) is 29.9. The number of Topliss-reactive ketones (excluding diaryl/α,β-unsaturated/α-hetero) is 2. The SMILES string of the molecule is C/C=C/C[C@@H](C)C(O)C1C(=O)N[C@@H](CC)C(=O)N(C)CC(=O)N(C)[C@@H](CC(C)C)C(=O)C[C@@H](C(C)C)C(=O)N(C)[C@@H](CC(C)C)C(=O)C[C@@H](C)C(=O)N[C@H](C)C(=O)N(C)[C@@H](CC(C)C)C(=O)N(C)[C@@H](CC(C)C)C(=O)N(C)[C@@H](C(C)C)C(=O)N1C. The molecule has 1 rings (SSSR count). The molecule has 1 aliphatic rings. The molecule has 0 aromatic carbocycles.